The lowest BCUT2D eigenvalue weighted by molar-refractivity contribution is 0.0827. The molecule has 0 radical (unpaired) electrons. The Bertz CT molecular complexity index is 1400. The van der Waals surface area contributed by atoms with Gasteiger partial charge in [-0.25, -0.2) is 9.97 Å². The number of fused-ring (bicyclic) bond motifs is 1. The molecule has 1 atom stereocenters. The van der Waals surface area contributed by atoms with Gasteiger partial charge in [0.25, 0.3) is 11.5 Å². The Hall–Kier alpha value is -3.98. The van der Waals surface area contributed by atoms with Gasteiger partial charge in [-0.05, 0) is 31.2 Å². The van der Waals surface area contributed by atoms with E-state index in [9.17, 15) is 9.59 Å². The fourth-order valence-electron chi connectivity index (χ4n) is 3.50. The van der Waals surface area contributed by atoms with E-state index in [2.05, 4.69) is 15.3 Å². The summed E-state index contributed by atoms with van der Waals surface area (Å²) in [5, 5.41) is 3.84. The Balaban J connectivity index is 1.90. The molecule has 0 aliphatic rings. The highest BCUT2D eigenvalue weighted by atomic mass is 35.5. The summed E-state index contributed by atoms with van der Waals surface area (Å²) >= 11 is 6.34. The summed E-state index contributed by atoms with van der Waals surface area (Å²) in [6, 6.07) is 13.7. The Morgan fingerprint density at radius 2 is 1.85 bits per heavy atom. The second-order valence-corrected chi connectivity index (χ2v) is 8.04. The van der Waals surface area contributed by atoms with Crippen molar-refractivity contribution in [2.45, 2.75) is 13.0 Å². The molecule has 9 nitrogen and oxygen atoms in total. The van der Waals surface area contributed by atoms with Crippen molar-refractivity contribution < 1.29 is 4.79 Å². The number of hydrogen-bond donors (Lipinski definition) is 2. The third kappa shape index (κ3) is 4.22. The van der Waals surface area contributed by atoms with E-state index in [1.165, 1.54) is 15.7 Å². The Kier molecular flexibility index (Phi) is 5.97. The quantitative estimate of drug-likeness (QED) is 0.466. The number of benzene rings is 2. The molecule has 0 saturated carbocycles. The zero-order chi connectivity index (χ0) is 23.7. The maximum absolute atomic E-state index is 13.6. The standard InChI is InChI=1S/C23H22ClN7O2/c1-13(27-19-15(21(32)30(2)3)12-26-23(25)29-19)20-28-17-11-7-10-16(24)18(17)22(33)31(20)14-8-5-4-6-9-14/h4-13H,1-3H3,(H3,25,26,27,29)/t13-/m0/s1. The van der Waals surface area contributed by atoms with Gasteiger partial charge in [-0.2, -0.15) is 4.98 Å². The van der Waals surface area contributed by atoms with Crippen molar-refractivity contribution in [2.75, 3.05) is 25.1 Å². The van der Waals surface area contributed by atoms with Crippen LogP contribution in [-0.2, 0) is 0 Å². The first-order chi connectivity index (χ1) is 15.8. The van der Waals surface area contributed by atoms with Crippen molar-refractivity contribution in [3.05, 3.63) is 81.5 Å². The predicted octanol–water partition coefficient (Wildman–Crippen LogP) is 3.29. The highest BCUT2D eigenvalue weighted by molar-refractivity contribution is 6.35. The molecular formula is C23H22ClN7O2. The van der Waals surface area contributed by atoms with Crippen molar-refractivity contribution >= 4 is 40.2 Å². The number of nitrogen functional groups attached to an aromatic ring is 1. The van der Waals surface area contributed by atoms with Crippen LogP contribution in [0.25, 0.3) is 16.6 Å². The Labute approximate surface area is 194 Å². The maximum atomic E-state index is 13.6. The van der Waals surface area contributed by atoms with Crippen LogP contribution in [0.4, 0.5) is 11.8 Å². The van der Waals surface area contributed by atoms with Crippen LogP contribution < -0.4 is 16.6 Å². The molecule has 0 bridgehead atoms. The number of nitrogens with one attached hydrogen (secondary N) is 1. The minimum atomic E-state index is -0.538. The molecule has 2 aromatic carbocycles. The molecule has 168 valence electrons. The second-order valence-electron chi connectivity index (χ2n) is 7.64. The zero-order valence-corrected chi connectivity index (χ0v) is 19.0. The summed E-state index contributed by atoms with van der Waals surface area (Å²) in [6.45, 7) is 1.82. The number of nitrogens with two attached hydrogens (primary N) is 1. The Morgan fingerprint density at radius 3 is 2.55 bits per heavy atom. The molecule has 2 aromatic heterocycles. The number of aromatic nitrogens is 4. The van der Waals surface area contributed by atoms with Crippen LogP contribution in [-0.4, -0.2) is 44.4 Å². The van der Waals surface area contributed by atoms with E-state index in [-0.39, 0.29) is 28.8 Å². The molecule has 0 spiro atoms. The first-order valence-corrected chi connectivity index (χ1v) is 10.5. The number of nitrogens with zero attached hydrogens (tertiary/aromatic N) is 5. The number of halogens is 1. The number of amides is 1. The molecule has 4 rings (SSSR count). The lowest BCUT2D eigenvalue weighted by Gasteiger charge is -2.22. The minimum absolute atomic E-state index is 0.0127. The van der Waals surface area contributed by atoms with E-state index in [4.69, 9.17) is 22.3 Å². The molecule has 0 saturated heterocycles. The molecule has 0 unspecified atom stereocenters. The summed E-state index contributed by atoms with van der Waals surface area (Å²) in [4.78, 5) is 40.5. The molecule has 1 amide bonds. The average Bonchev–Trinajstić information content (AvgIpc) is 2.79. The summed E-state index contributed by atoms with van der Waals surface area (Å²) in [7, 11) is 3.27. The molecule has 0 aliphatic heterocycles. The van der Waals surface area contributed by atoms with E-state index < -0.39 is 6.04 Å². The van der Waals surface area contributed by atoms with Crippen LogP contribution in [0.3, 0.4) is 0 Å². The Morgan fingerprint density at radius 1 is 1.12 bits per heavy atom. The number of hydrogen-bond acceptors (Lipinski definition) is 7. The molecule has 10 heteroatoms. The number of carbonyl (C=O) groups excluding carboxylic acids is 1. The first-order valence-electron chi connectivity index (χ1n) is 10.1. The maximum Gasteiger partial charge on any atom is 0.267 e. The highest BCUT2D eigenvalue weighted by Crippen LogP contribution is 2.25. The third-order valence-electron chi connectivity index (χ3n) is 5.07. The summed E-state index contributed by atoms with van der Waals surface area (Å²) < 4.78 is 1.50. The van der Waals surface area contributed by atoms with Gasteiger partial charge >= 0.3 is 0 Å². The van der Waals surface area contributed by atoms with Gasteiger partial charge in [0.1, 0.15) is 17.2 Å². The van der Waals surface area contributed by atoms with Crippen LogP contribution in [0.5, 0.6) is 0 Å². The van der Waals surface area contributed by atoms with Gasteiger partial charge in [-0.15, -0.1) is 0 Å². The van der Waals surface area contributed by atoms with Gasteiger partial charge in [0.15, 0.2) is 0 Å². The summed E-state index contributed by atoms with van der Waals surface area (Å²) in [5.41, 5.74) is 6.83. The van der Waals surface area contributed by atoms with Gasteiger partial charge in [0, 0.05) is 20.3 Å². The SMILES string of the molecule is C[C@H](Nc1nc(N)ncc1C(=O)N(C)C)c1nc2cccc(Cl)c2c(=O)n1-c1ccccc1. The second kappa shape index (κ2) is 8.87. The summed E-state index contributed by atoms with van der Waals surface area (Å²) in [6.07, 6.45) is 1.37. The van der Waals surface area contributed by atoms with E-state index in [1.807, 2.05) is 37.3 Å². The van der Waals surface area contributed by atoms with Gasteiger partial charge in [-0.3, -0.25) is 14.2 Å². The molecule has 33 heavy (non-hydrogen) atoms. The molecule has 0 aliphatic carbocycles. The monoisotopic (exact) mass is 463 g/mol. The largest absolute Gasteiger partial charge is 0.368 e. The van der Waals surface area contributed by atoms with Gasteiger partial charge in [0.05, 0.1) is 27.7 Å². The van der Waals surface area contributed by atoms with E-state index in [0.717, 1.165) is 0 Å². The van der Waals surface area contributed by atoms with Gasteiger partial charge in [-0.1, -0.05) is 35.9 Å². The average molecular weight is 464 g/mol. The van der Waals surface area contributed by atoms with Crippen molar-refractivity contribution in [3.63, 3.8) is 0 Å². The van der Waals surface area contributed by atoms with Crippen LogP contribution in [0, 0.1) is 0 Å². The third-order valence-corrected chi connectivity index (χ3v) is 5.39. The first kappa shape index (κ1) is 22.2. The van der Waals surface area contributed by atoms with Crippen molar-refractivity contribution in [3.8, 4) is 5.69 Å². The molecule has 4 aromatic rings. The fourth-order valence-corrected chi connectivity index (χ4v) is 3.75. The van der Waals surface area contributed by atoms with E-state index >= 15 is 0 Å². The van der Waals surface area contributed by atoms with Crippen molar-refractivity contribution in [1.29, 1.82) is 0 Å². The number of carbonyl (C=O) groups is 1. The molecule has 3 N–H and O–H groups in total. The number of anilines is 2. The van der Waals surface area contributed by atoms with E-state index in [0.29, 0.717) is 27.4 Å². The van der Waals surface area contributed by atoms with Crippen LogP contribution in [0.2, 0.25) is 5.02 Å². The van der Waals surface area contributed by atoms with Crippen molar-refractivity contribution in [2.24, 2.45) is 0 Å². The topological polar surface area (TPSA) is 119 Å². The molecular weight excluding hydrogens is 442 g/mol. The zero-order valence-electron chi connectivity index (χ0n) is 18.3. The predicted molar refractivity (Wildman–Crippen MR) is 129 cm³/mol. The number of rotatable bonds is 5. The van der Waals surface area contributed by atoms with Crippen LogP contribution in [0.1, 0.15) is 29.1 Å². The van der Waals surface area contributed by atoms with Crippen LogP contribution >= 0.6 is 11.6 Å². The highest BCUT2D eigenvalue weighted by Gasteiger charge is 2.22. The lowest BCUT2D eigenvalue weighted by atomic mass is 10.2. The summed E-state index contributed by atoms with van der Waals surface area (Å²) in [5.74, 6) is 0.386. The smallest absolute Gasteiger partial charge is 0.267 e. The van der Waals surface area contributed by atoms with Gasteiger partial charge < -0.3 is 16.0 Å². The minimum Gasteiger partial charge on any atom is -0.368 e. The van der Waals surface area contributed by atoms with Gasteiger partial charge in [0.2, 0.25) is 5.95 Å². The van der Waals surface area contributed by atoms with Crippen molar-refractivity contribution in [1.82, 2.24) is 24.4 Å². The fraction of sp³-hybridized carbons (Fsp3) is 0.174. The molecule has 0 fully saturated rings. The van der Waals surface area contributed by atoms with E-state index in [1.54, 1.807) is 32.3 Å². The number of para-hydroxylation sites is 1. The van der Waals surface area contributed by atoms with Crippen LogP contribution in [0.15, 0.2) is 59.5 Å². The normalized spacial score (nSPS) is 11.9. The molecule has 2 heterocycles. The lowest BCUT2D eigenvalue weighted by Crippen LogP contribution is -2.29.